The fourth-order valence-electron chi connectivity index (χ4n) is 5.24. The molecule has 0 saturated carbocycles. The number of methoxy groups -OCH3 is 1. The first-order chi connectivity index (χ1) is 20.6. The van der Waals surface area contributed by atoms with Crippen LogP contribution in [0.15, 0.2) is 78.4 Å². The number of amides is 1. The van der Waals surface area contributed by atoms with Crippen molar-refractivity contribution in [3.63, 3.8) is 0 Å². The first-order valence-corrected chi connectivity index (χ1v) is 16.3. The van der Waals surface area contributed by atoms with Gasteiger partial charge in [-0.3, -0.25) is 9.69 Å². The molecule has 2 aromatic carbocycles. The topological polar surface area (TPSA) is 78.9 Å². The molecule has 7 heteroatoms. The molecule has 1 saturated heterocycles. The predicted octanol–water partition coefficient (Wildman–Crippen LogP) is 7.54. The number of aliphatic carboxylic acids is 1. The molecule has 0 bridgehead atoms. The lowest BCUT2D eigenvalue weighted by molar-refractivity contribution is -0.139. The number of thioether (sulfide) groups is 1. The molecule has 1 aliphatic heterocycles. The number of hydrogen-bond acceptors (Lipinski definition) is 5. The summed E-state index contributed by atoms with van der Waals surface area (Å²) in [6, 6.07) is 13.6. The zero-order chi connectivity index (χ0) is 31.8. The second-order valence-electron chi connectivity index (χ2n) is 11.4. The number of hydrogen-bond donors (Lipinski definition) is 2. The number of likely N-dealkylation sites (tertiary alicyclic amines) is 1. The lowest BCUT2D eigenvalue weighted by Crippen LogP contribution is -2.41. The maximum absolute atomic E-state index is 13.2. The summed E-state index contributed by atoms with van der Waals surface area (Å²) >= 11 is 1.57. The quantitative estimate of drug-likeness (QED) is 0.307. The number of carboxylic acid groups (broad SMARTS) is 1. The van der Waals surface area contributed by atoms with Crippen LogP contribution in [0.1, 0.15) is 61.5 Å². The first-order valence-electron chi connectivity index (χ1n) is 15.0. The number of nitrogens with one attached hydrogen (secondary N) is 1. The monoisotopic (exact) mass is 606 g/mol. The number of benzene rings is 2. The molecule has 1 amide bonds. The van der Waals surface area contributed by atoms with Gasteiger partial charge in [-0.15, -0.1) is 0 Å². The molecule has 6 nitrogen and oxygen atoms in total. The maximum atomic E-state index is 13.2. The van der Waals surface area contributed by atoms with E-state index in [1.165, 1.54) is 12.0 Å². The van der Waals surface area contributed by atoms with Gasteiger partial charge in [0.05, 0.1) is 0 Å². The SMILES string of the molecule is CC1=CC=CC=CC1.COC.CSCCC(NC(=O)c1ccc(CN2CC(C)CC2C)cc1-c1ccccc1C)C(=O)O. The van der Waals surface area contributed by atoms with Crippen LogP contribution in [0.3, 0.4) is 0 Å². The Labute approximate surface area is 263 Å². The number of carbonyl (C=O) groups is 2. The van der Waals surface area contributed by atoms with Crippen LogP contribution < -0.4 is 5.32 Å². The summed E-state index contributed by atoms with van der Waals surface area (Å²) in [4.78, 5) is 27.3. The number of carbonyl (C=O) groups excluding carboxylic acids is 1. The average Bonchev–Trinajstić information content (AvgIpc) is 3.12. The van der Waals surface area contributed by atoms with Crippen LogP contribution >= 0.6 is 11.8 Å². The van der Waals surface area contributed by atoms with Crippen molar-refractivity contribution in [1.82, 2.24) is 10.2 Å². The van der Waals surface area contributed by atoms with Gasteiger partial charge >= 0.3 is 5.97 Å². The number of allylic oxidation sites excluding steroid dienone is 6. The van der Waals surface area contributed by atoms with E-state index < -0.39 is 12.0 Å². The van der Waals surface area contributed by atoms with Gasteiger partial charge in [0, 0.05) is 38.9 Å². The number of carboxylic acids is 1. The van der Waals surface area contributed by atoms with Gasteiger partial charge < -0.3 is 15.2 Å². The van der Waals surface area contributed by atoms with E-state index in [1.54, 1.807) is 26.0 Å². The lowest BCUT2D eigenvalue weighted by Gasteiger charge is -2.22. The van der Waals surface area contributed by atoms with Crippen molar-refractivity contribution in [1.29, 1.82) is 0 Å². The number of aryl methyl sites for hydroxylation is 1. The molecule has 234 valence electrons. The average molecular weight is 607 g/mol. The van der Waals surface area contributed by atoms with E-state index in [9.17, 15) is 14.7 Å². The zero-order valence-corrected chi connectivity index (χ0v) is 27.7. The molecule has 1 fully saturated rings. The molecule has 2 aromatic rings. The molecule has 1 heterocycles. The van der Waals surface area contributed by atoms with Gasteiger partial charge in [0.15, 0.2) is 0 Å². The molecule has 0 aromatic heterocycles. The van der Waals surface area contributed by atoms with Gasteiger partial charge in [-0.2, -0.15) is 11.8 Å². The van der Waals surface area contributed by atoms with Crippen LogP contribution in [-0.4, -0.2) is 66.7 Å². The molecule has 0 spiro atoms. The minimum atomic E-state index is -1.00. The summed E-state index contributed by atoms with van der Waals surface area (Å²) in [6.07, 6.45) is 15.1. The summed E-state index contributed by atoms with van der Waals surface area (Å²) in [6.45, 7) is 10.7. The second kappa shape index (κ2) is 19.2. The smallest absolute Gasteiger partial charge is 0.326 e. The Morgan fingerprint density at radius 1 is 1.07 bits per heavy atom. The Bertz CT molecular complexity index is 1270. The molecule has 3 atom stereocenters. The van der Waals surface area contributed by atoms with Gasteiger partial charge in [0.2, 0.25) is 0 Å². The summed E-state index contributed by atoms with van der Waals surface area (Å²) in [5.41, 5.74) is 6.04. The minimum absolute atomic E-state index is 0.341. The zero-order valence-electron chi connectivity index (χ0n) is 26.9. The highest BCUT2D eigenvalue weighted by atomic mass is 32.2. The van der Waals surface area contributed by atoms with Crippen molar-refractivity contribution in [2.45, 2.75) is 65.6 Å². The lowest BCUT2D eigenvalue weighted by atomic mass is 9.93. The van der Waals surface area contributed by atoms with E-state index in [0.717, 1.165) is 41.8 Å². The Morgan fingerprint density at radius 2 is 1.79 bits per heavy atom. The molecule has 4 rings (SSSR count). The van der Waals surface area contributed by atoms with Gasteiger partial charge in [-0.1, -0.05) is 73.2 Å². The highest BCUT2D eigenvalue weighted by Crippen LogP contribution is 2.30. The third kappa shape index (κ3) is 12.2. The van der Waals surface area contributed by atoms with Gasteiger partial charge in [-0.25, -0.2) is 4.79 Å². The summed E-state index contributed by atoms with van der Waals surface area (Å²) in [5, 5.41) is 12.3. The van der Waals surface area contributed by atoms with Crippen LogP contribution in [0.2, 0.25) is 0 Å². The van der Waals surface area contributed by atoms with E-state index in [-0.39, 0.29) is 5.91 Å². The summed E-state index contributed by atoms with van der Waals surface area (Å²) in [7, 11) is 3.25. The number of rotatable bonds is 9. The van der Waals surface area contributed by atoms with Gasteiger partial charge in [0.1, 0.15) is 6.04 Å². The Balaban J connectivity index is 0.000000494. The van der Waals surface area contributed by atoms with Crippen molar-refractivity contribution in [2.24, 2.45) is 5.92 Å². The molecule has 2 N–H and O–H groups in total. The highest BCUT2D eigenvalue weighted by Gasteiger charge is 2.27. The molecule has 43 heavy (non-hydrogen) atoms. The van der Waals surface area contributed by atoms with E-state index >= 15 is 0 Å². The summed E-state index contributed by atoms with van der Waals surface area (Å²) < 4.78 is 4.25. The molecule has 1 aliphatic carbocycles. The Kier molecular flexibility index (Phi) is 16.1. The fourth-order valence-corrected chi connectivity index (χ4v) is 5.71. The van der Waals surface area contributed by atoms with Gasteiger partial charge in [0.25, 0.3) is 5.91 Å². The predicted molar refractivity (Wildman–Crippen MR) is 182 cm³/mol. The van der Waals surface area contributed by atoms with Gasteiger partial charge in [-0.05, 0) is 92.3 Å². The van der Waals surface area contributed by atoms with E-state index in [1.807, 2.05) is 49.6 Å². The third-order valence-electron chi connectivity index (χ3n) is 7.46. The fraction of sp³-hybridized carbons (Fsp3) is 0.444. The molecular weight excluding hydrogens is 556 g/mol. The molecule has 3 unspecified atom stereocenters. The Morgan fingerprint density at radius 3 is 2.42 bits per heavy atom. The molecular formula is C36H50N2O4S. The largest absolute Gasteiger partial charge is 0.480 e. The number of ether oxygens (including phenoxy) is 1. The maximum Gasteiger partial charge on any atom is 0.326 e. The van der Waals surface area contributed by atoms with Crippen molar-refractivity contribution in [3.8, 4) is 11.1 Å². The standard InChI is InChI=1S/C26H34N2O3S.C8H10.C2H6O/c1-17-13-19(3)28(15-17)16-20-9-10-22(23(14-20)21-8-6-5-7-18(21)2)25(29)27-24(26(30)31)11-12-32-4;1-8-6-4-2-3-5-7-8;1-3-2/h5-10,14,17,19,24H,11-13,15-16H2,1-4H3,(H,27,29)(H,30,31);2-6H,7H2,1H3;1-2H3. The minimum Gasteiger partial charge on any atom is -0.480 e. The van der Waals surface area contributed by atoms with E-state index in [2.05, 4.69) is 72.2 Å². The van der Waals surface area contributed by atoms with Crippen LogP contribution in [0.25, 0.3) is 11.1 Å². The Hall–Kier alpha value is -3.13. The summed E-state index contributed by atoms with van der Waals surface area (Å²) in [5.74, 6) is 0.0259. The highest BCUT2D eigenvalue weighted by molar-refractivity contribution is 7.98. The first kappa shape index (κ1) is 36.1. The normalized spacial score (nSPS) is 18.3. The third-order valence-corrected chi connectivity index (χ3v) is 8.10. The van der Waals surface area contributed by atoms with Crippen LogP contribution in [0.4, 0.5) is 0 Å². The molecule has 2 aliphatic rings. The molecule has 0 radical (unpaired) electrons. The van der Waals surface area contributed by atoms with Crippen LogP contribution in [0.5, 0.6) is 0 Å². The second-order valence-corrected chi connectivity index (χ2v) is 12.4. The van der Waals surface area contributed by atoms with Crippen molar-refractivity contribution in [2.75, 3.05) is 32.8 Å². The van der Waals surface area contributed by atoms with Crippen LogP contribution in [-0.2, 0) is 16.1 Å². The van der Waals surface area contributed by atoms with Crippen LogP contribution in [0, 0.1) is 12.8 Å². The van der Waals surface area contributed by atoms with Crippen molar-refractivity contribution >= 4 is 23.6 Å². The van der Waals surface area contributed by atoms with E-state index in [0.29, 0.717) is 29.7 Å². The van der Waals surface area contributed by atoms with Crippen molar-refractivity contribution < 1.29 is 19.4 Å². The number of nitrogens with zero attached hydrogens (tertiary/aromatic N) is 1. The van der Waals surface area contributed by atoms with E-state index in [4.69, 9.17) is 0 Å². The van der Waals surface area contributed by atoms with Crippen molar-refractivity contribution in [3.05, 3.63) is 95.1 Å².